The molecule has 89 heavy (non-hydrogen) atoms. The fourth-order valence-electron chi connectivity index (χ4n) is 11.5. The van der Waals surface area contributed by atoms with Gasteiger partial charge in [0, 0.05) is 0 Å². The normalized spacial score (nSPS) is 53.6. The van der Waals surface area contributed by atoms with E-state index in [9.17, 15) is 133 Å². The first-order valence-corrected chi connectivity index (χ1v) is 28.2. The van der Waals surface area contributed by atoms with E-state index in [0.717, 1.165) is 0 Å². The van der Waals surface area contributed by atoms with E-state index in [2.05, 4.69) is 0 Å². The molecule has 41 nitrogen and oxygen atoms in total. The Balaban J connectivity index is 0.952. The van der Waals surface area contributed by atoms with Crippen molar-refractivity contribution in [3.05, 3.63) is 0 Å². The zero-order valence-corrected chi connectivity index (χ0v) is 46.5. The van der Waals surface area contributed by atoms with Crippen LogP contribution in [0.2, 0.25) is 0 Å². The van der Waals surface area contributed by atoms with E-state index in [1.165, 1.54) is 0 Å². The molecular formula is C48H82O41. The second-order valence-corrected chi connectivity index (χ2v) is 22.4. The molecule has 0 aliphatic carbocycles. The van der Waals surface area contributed by atoms with Crippen molar-refractivity contribution >= 4 is 0 Å². The summed E-state index contributed by atoms with van der Waals surface area (Å²) in [7, 11) is 0. The van der Waals surface area contributed by atoms with Gasteiger partial charge in [-0.1, -0.05) is 0 Å². The first kappa shape index (κ1) is 73.2. The molecule has 40 atom stereocenters. The minimum Gasteiger partial charge on any atom is -0.394 e. The van der Waals surface area contributed by atoms with Crippen LogP contribution in [-0.4, -0.2) is 431 Å². The minimum atomic E-state index is -2.37. The number of ether oxygens (including phenoxy) is 15. The Hall–Kier alpha value is -1.64. The van der Waals surface area contributed by atoms with Gasteiger partial charge in [-0.15, -0.1) is 0 Å². The van der Waals surface area contributed by atoms with Crippen molar-refractivity contribution in [3.8, 4) is 0 Å². The van der Waals surface area contributed by atoms with E-state index in [0.29, 0.717) is 0 Å². The lowest BCUT2D eigenvalue weighted by Crippen LogP contribution is -2.69. The summed E-state index contributed by atoms with van der Waals surface area (Å²) >= 11 is 0. The molecule has 520 valence electrons. The highest BCUT2D eigenvalue weighted by Crippen LogP contribution is 2.39. The molecule has 0 aromatic rings. The third-order valence-corrected chi connectivity index (χ3v) is 16.7. The van der Waals surface area contributed by atoms with Gasteiger partial charge in [-0.2, -0.15) is 0 Å². The van der Waals surface area contributed by atoms with E-state index in [1.54, 1.807) is 0 Å². The fraction of sp³-hybridized carbons (Fsp3) is 1.00. The average Bonchev–Trinajstić information content (AvgIpc) is 1.93. The van der Waals surface area contributed by atoms with Gasteiger partial charge in [0.2, 0.25) is 0 Å². The minimum absolute atomic E-state index is 0.905. The van der Waals surface area contributed by atoms with Crippen LogP contribution in [0.4, 0.5) is 0 Å². The summed E-state index contributed by atoms with van der Waals surface area (Å²) in [4.78, 5) is 0. The maximum absolute atomic E-state index is 11.8. The van der Waals surface area contributed by atoms with Gasteiger partial charge >= 0.3 is 0 Å². The predicted octanol–water partition coefficient (Wildman–Crippen LogP) is -18.5. The summed E-state index contributed by atoms with van der Waals surface area (Å²) in [5.74, 6) is 0. The van der Waals surface area contributed by atoms with E-state index < -0.39 is 299 Å². The molecule has 8 aliphatic rings. The predicted molar refractivity (Wildman–Crippen MR) is 264 cm³/mol. The summed E-state index contributed by atoms with van der Waals surface area (Å²) in [6, 6.07) is 0. The van der Waals surface area contributed by atoms with E-state index in [4.69, 9.17) is 71.1 Å². The highest BCUT2D eigenvalue weighted by atomic mass is 16.8. The van der Waals surface area contributed by atoms with Crippen LogP contribution in [0.5, 0.6) is 0 Å². The van der Waals surface area contributed by atoms with Crippen LogP contribution in [0.25, 0.3) is 0 Å². The molecule has 8 fully saturated rings. The lowest BCUT2D eigenvalue weighted by Gasteiger charge is -2.50. The molecule has 0 bridgehead atoms. The molecule has 41 heteroatoms. The Morgan fingerprint density at radius 2 is 0.360 bits per heavy atom. The molecule has 0 spiro atoms. The van der Waals surface area contributed by atoms with Crippen molar-refractivity contribution in [3.63, 3.8) is 0 Å². The van der Waals surface area contributed by atoms with Gasteiger partial charge < -0.3 is 204 Å². The first-order chi connectivity index (χ1) is 42.2. The maximum Gasteiger partial charge on any atom is 0.187 e. The Labute approximate surface area is 501 Å². The van der Waals surface area contributed by atoms with Crippen LogP contribution >= 0.6 is 0 Å². The van der Waals surface area contributed by atoms with Crippen molar-refractivity contribution in [1.29, 1.82) is 0 Å². The van der Waals surface area contributed by atoms with Crippen molar-refractivity contribution in [1.82, 2.24) is 0 Å². The second-order valence-electron chi connectivity index (χ2n) is 22.4. The molecule has 0 aromatic carbocycles. The van der Waals surface area contributed by atoms with Gasteiger partial charge in [0.25, 0.3) is 0 Å². The van der Waals surface area contributed by atoms with Crippen molar-refractivity contribution in [2.24, 2.45) is 0 Å². The summed E-state index contributed by atoms with van der Waals surface area (Å²) in [5.41, 5.74) is 0. The van der Waals surface area contributed by atoms with Crippen LogP contribution in [0, 0.1) is 0 Å². The molecule has 8 aliphatic heterocycles. The SMILES string of the molecule is OC[C@H]1OC(O[C@H]2[C@@H](O)[C@@H](CO)OC(O[C@H]3[C@@H](O)[C@@H](CO)OC(O[C@H]4[C@@H](O)[C@@H](CO)OC(O[C@H]5[C@@H](O)[C@@H](CO)OC(O[C@H]6[C@@H](O)[C@@H](CO)OC(O[C@@H]7[C@H](O)[C@@H](O)C(O[C@H]8[C@H](O)[C@@H](O)C(O)O[C@@H]8CO)O[C@@H]7CO)[C@@H]6O)[C@@H]5O)[C@@H]4O)[C@@H]3O)[C@@H]2O)[C@H](O)[C@@H](O)[C@H]1O. The van der Waals surface area contributed by atoms with Crippen LogP contribution < -0.4 is 0 Å². The molecule has 0 radical (unpaired) electrons. The van der Waals surface area contributed by atoms with Crippen molar-refractivity contribution in [2.45, 2.75) is 246 Å². The lowest BCUT2D eigenvalue weighted by molar-refractivity contribution is -0.401. The largest absolute Gasteiger partial charge is 0.394 e. The maximum atomic E-state index is 11.8. The number of aliphatic hydroxyl groups is 26. The monoisotopic (exact) mass is 1310 g/mol. The molecule has 0 aromatic heterocycles. The summed E-state index contributed by atoms with van der Waals surface area (Å²) in [6.07, 6.45) is -81.3. The van der Waals surface area contributed by atoms with Gasteiger partial charge in [-0.05, 0) is 0 Å². The Morgan fingerprint density at radius 1 is 0.169 bits per heavy atom. The molecular weight excluding hydrogens is 1230 g/mol. The number of hydrogen-bond acceptors (Lipinski definition) is 41. The molecule has 8 unspecified atom stereocenters. The van der Waals surface area contributed by atoms with Gasteiger partial charge in [0.05, 0.1) is 52.9 Å². The van der Waals surface area contributed by atoms with Crippen molar-refractivity contribution in [2.75, 3.05) is 52.9 Å². The Morgan fingerprint density at radius 3 is 0.618 bits per heavy atom. The van der Waals surface area contributed by atoms with Crippen LogP contribution in [0.1, 0.15) is 0 Å². The van der Waals surface area contributed by atoms with Gasteiger partial charge in [0.1, 0.15) is 195 Å². The fourth-order valence-corrected chi connectivity index (χ4v) is 11.5. The smallest absolute Gasteiger partial charge is 0.187 e. The average molecular weight is 1320 g/mol. The van der Waals surface area contributed by atoms with Gasteiger partial charge in [-0.25, -0.2) is 0 Å². The number of hydrogen-bond donors (Lipinski definition) is 26. The molecule has 0 saturated carbocycles. The quantitative estimate of drug-likeness (QED) is 0.0479. The van der Waals surface area contributed by atoms with E-state index >= 15 is 0 Å². The Bertz CT molecular complexity index is 2130. The molecule has 8 saturated heterocycles. The zero-order valence-electron chi connectivity index (χ0n) is 46.5. The van der Waals surface area contributed by atoms with Gasteiger partial charge in [-0.3, -0.25) is 0 Å². The van der Waals surface area contributed by atoms with E-state index in [1.807, 2.05) is 0 Å². The third kappa shape index (κ3) is 15.0. The van der Waals surface area contributed by atoms with Crippen LogP contribution in [0.15, 0.2) is 0 Å². The van der Waals surface area contributed by atoms with Crippen LogP contribution in [0.3, 0.4) is 0 Å². The number of aliphatic hydroxyl groups excluding tert-OH is 26. The molecule has 8 rings (SSSR count). The molecule has 8 heterocycles. The highest BCUT2D eigenvalue weighted by Gasteiger charge is 2.60. The standard InChI is InChI=1S/C48H82O41/c49-1-9-17(57)23(63)27(67)42(76-9)85-36-18(58)11(3-51)78-45(30(36)70)87-38-20(60)13(5-53)80-47(32(38)72)89-40-22(62)14(6-54)81-48(33(40)73)88-39-21(61)12(4-52)79-46(31(39)71)86-37-19(59)10(2-50)77-44(29(37)69)84-35-16(8-56)82-43(28(68)25(35)65)83-34-15(7-55)75-41(74)26(66)24(34)64/h9-74H,1-8H2/t9-,10-,11-,12-,13-,14-,15-,16-,17+,18+,19+,20+,21+,22+,23+,24-,25-,26-,27-,28-,29-,30-,31-,32-,33-,34-,35+,36+,37+,38+,39+,40+,41?,42?,43?,44?,45?,46?,47?,48?/m1/s1. The summed E-state index contributed by atoms with van der Waals surface area (Å²) < 4.78 is 83.8. The molecule has 0 amide bonds. The zero-order chi connectivity index (χ0) is 65.4. The first-order valence-electron chi connectivity index (χ1n) is 28.2. The van der Waals surface area contributed by atoms with E-state index in [-0.39, 0.29) is 0 Å². The number of rotatable bonds is 22. The van der Waals surface area contributed by atoms with Gasteiger partial charge in [0.15, 0.2) is 50.3 Å². The lowest BCUT2D eigenvalue weighted by atomic mass is 9.95. The van der Waals surface area contributed by atoms with Crippen LogP contribution in [-0.2, 0) is 71.1 Å². The topological polar surface area (TPSA) is 664 Å². The summed E-state index contributed by atoms with van der Waals surface area (Å²) in [6.45, 7) is -8.32. The third-order valence-electron chi connectivity index (χ3n) is 16.7. The highest BCUT2D eigenvalue weighted by molar-refractivity contribution is 5.02. The summed E-state index contributed by atoms with van der Waals surface area (Å²) in [5, 5.41) is 280. The van der Waals surface area contributed by atoms with Crippen molar-refractivity contribution < 1.29 is 204 Å². The second kappa shape index (κ2) is 31.5. The Kier molecular flexibility index (Phi) is 25.9. The molecule has 26 N–H and O–H groups in total.